The molecule has 0 saturated heterocycles. The van der Waals surface area contributed by atoms with E-state index in [2.05, 4.69) is 45.3 Å². The average Bonchev–Trinajstić information content (AvgIpc) is 2.95. The molecular weight excluding hydrogens is 234 g/mol. The molecule has 0 spiro atoms. The molecular formula is C16H15N3. The maximum atomic E-state index is 4.49. The van der Waals surface area contributed by atoms with Crippen LogP contribution >= 0.6 is 0 Å². The second-order valence-electron chi connectivity index (χ2n) is 4.48. The zero-order chi connectivity index (χ0) is 12.9. The lowest BCUT2D eigenvalue weighted by Crippen LogP contribution is -2.01. The van der Waals surface area contributed by atoms with Crippen molar-refractivity contribution in [1.29, 1.82) is 0 Å². The first-order valence-corrected chi connectivity index (χ1v) is 6.37. The van der Waals surface area contributed by atoms with E-state index >= 15 is 0 Å². The summed E-state index contributed by atoms with van der Waals surface area (Å²) in [6, 6.07) is 14.6. The van der Waals surface area contributed by atoms with Gasteiger partial charge in [-0.05, 0) is 23.6 Å². The molecule has 3 aromatic rings. The molecule has 1 aromatic carbocycles. The number of imidazole rings is 1. The Morgan fingerprint density at radius 1 is 0.842 bits per heavy atom. The number of aromatic amines is 1. The second-order valence-corrected chi connectivity index (χ2v) is 4.48. The molecule has 0 atom stereocenters. The van der Waals surface area contributed by atoms with Crippen LogP contribution in [0.25, 0.3) is 0 Å². The number of nitrogens with zero attached hydrogens (tertiary/aromatic N) is 2. The van der Waals surface area contributed by atoms with Gasteiger partial charge in [0.05, 0.1) is 5.69 Å². The number of hydrogen-bond donors (Lipinski definition) is 1. The van der Waals surface area contributed by atoms with E-state index in [4.69, 9.17) is 0 Å². The zero-order valence-electron chi connectivity index (χ0n) is 10.6. The number of hydrogen-bond acceptors (Lipinski definition) is 2. The number of H-pyrrole nitrogens is 1. The van der Waals surface area contributed by atoms with E-state index in [0.717, 1.165) is 24.4 Å². The molecule has 0 fully saturated rings. The van der Waals surface area contributed by atoms with Crippen LogP contribution in [-0.4, -0.2) is 15.0 Å². The second kappa shape index (κ2) is 5.48. The third-order valence-electron chi connectivity index (χ3n) is 3.11. The van der Waals surface area contributed by atoms with Crippen LogP contribution in [0.4, 0.5) is 0 Å². The fourth-order valence-electron chi connectivity index (χ4n) is 2.16. The largest absolute Gasteiger partial charge is 0.348 e. The Hall–Kier alpha value is -2.42. The number of nitrogens with one attached hydrogen (secondary N) is 1. The summed E-state index contributed by atoms with van der Waals surface area (Å²) >= 11 is 0. The van der Waals surface area contributed by atoms with Gasteiger partial charge >= 0.3 is 0 Å². The van der Waals surface area contributed by atoms with Crippen molar-refractivity contribution < 1.29 is 0 Å². The first-order valence-electron chi connectivity index (χ1n) is 6.37. The molecule has 0 bridgehead atoms. The highest BCUT2D eigenvalue weighted by Crippen LogP contribution is 2.14. The number of pyridine rings is 1. The molecule has 2 aromatic heterocycles. The Balaban J connectivity index is 1.85. The van der Waals surface area contributed by atoms with Gasteiger partial charge in [-0.3, -0.25) is 4.98 Å². The smallest absolute Gasteiger partial charge is 0.112 e. The van der Waals surface area contributed by atoms with Gasteiger partial charge in [-0.1, -0.05) is 36.4 Å². The van der Waals surface area contributed by atoms with Crippen molar-refractivity contribution >= 4 is 0 Å². The fourth-order valence-corrected chi connectivity index (χ4v) is 2.16. The summed E-state index contributed by atoms with van der Waals surface area (Å²) in [6.45, 7) is 0. The Labute approximate surface area is 112 Å². The summed E-state index contributed by atoms with van der Waals surface area (Å²) in [5, 5.41) is 0. The summed E-state index contributed by atoms with van der Waals surface area (Å²) in [5.41, 5.74) is 3.64. The minimum atomic E-state index is 0.746. The van der Waals surface area contributed by atoms with Gasteiger partial charge in [0.15, 0.2) is 0 Å². The van der Waals surface area contributed by atoms with Gasteiger partial charge in [-0.2, -0.15) is 0 Å². The Morgan fingerprint density at radius 2 is 1.74 bits per heavy atom. The Kier molecular flexibility index (Phi) is 3.36. The van der Waals surface area contributed by atoms with Crippen LogP contribution < -0.4 is 0 Å². The molecule has 3 heteroatoms. The van der Waals surface area contributed by atoms with E-state index in [9.17, 15) is 0 Å². The van der Waals surface area contributed by atoms with Gasteiger partial charge in [-0.25, -0.2) is 4.98 Å². The Morgan fingerprint density at radius 3 is 2.53 bits per heavy atom. The standard InChI is InChI=1S/C16H15N3/c1-2-5-13(6-3-1)11-14-7-4-8-17-15(14)12-16-18-9-10-19-16/h1-10H,11-12H2,(H,18,19). The van der Waals surface area contributed by atoms with Crippen LogP contribution in [0.15, 0.2) is 61.1 Å². The highest BCUT2D eigenvalue weighted by atomic mass is 14.9. The van der Waals surface area contributed by atoms with Crippen LogP contribution in [0.3, 0.4) is 0 Å². The van der Waals surface area contributed by atoms with Crippen LogP contribution in [0.5, 0.6) is 0 Å². The summed E-state index contributed by atoms with van der Waals surface area (Å²) in [4.78, 5) is 11.9. The van der Waals surface area contributed by atoms with Gasteiger partial charge in [0.2, 0.25) is 0 Å². The van der Waals surface area contributed by atoms with Crippen molar-refractivity contribution in [2.75, 3.05) is 0 Å². The molecule has 3 rings (SSSR count). The molecule has 94 valence electrons. The van der Waals surface area contributed by atoms with Crippen molar-refractivity contribution in [3.05, 3.63) is 83.7 Å². The number of aromatic nitrogens is 3. The van der Waals surface area contributed by atoms with Crippen LogP contribution in [0, 0.1) is 0 Å². The van der Waals surface area contributed by atoms with Crippen LogP contribution in [-0.2, 0) is 12.8 Å². The summed E-state index contributed by atoms with van der Waals surface area (Å²) < 4.78 is 0. The van der Waals surface area contributed by atoms with E-state index in [-0.39, 0.29) is 0 Å². The van der Waals surface area contributed by atoms with Gasteiger partial charge in [0.25, 0.3) is 0 Å². The molecule has 0 aliphatic rings. The predicted octanol–water partition coefficient (Wildman–Crippen LogP) is 2.99. The quantitative estimate of drug-likeness (QED) is 0.772. The minimum absolute atomic E-state index is 0.746. The van der Waals surface area contributed by atoms with Crippen molar-refractivity contribution in [1.82, 2.24) is 15.0 Å². The van der Waals surface area contributed by atoms with Crippen molar-refractivity contribution in [3.63, 3.8) is 0 Å². The lowest BCUT2D eigenvalue weighted by atomic mass is 10.0. The van der Waals surface area contributed by atoms with E-state index in [1.165, 1.54) is 11.1 Å². The average molecular weight is 249 g/mol. The summed E-state index contributed by atoms with van der Waals surface area (Å²) in [5.74, 6) is 0.952. The van der Waals surface area contributed by atoms with Crippen molar-refractivity contribution in [2.45, 2.75) is 12.8 Å². The molecule has 2 heterocycles. The lowest BCUT2D eigenvalue weighted by Gasteiger charge is -2.07. The topological polar surface area (TPSA) is 41.6 Å². The first kappa shape index (κ1) is 11.7. The SMILES string of the molecule is c1ccc(Cc2cccnc2Cc2ncc[nH]2)cc1. The molecule has 1 N–H and O–H groups in total. The van der Waals surface area contributed by atoms with Crippen LogP contribution in [0.1, 0.15) is 22.6 Å². The maximum absolute atomic E-state index is 4.49. The number of rotatable bonds is 4. The molecule has 0 amide bonds. The molecule has 0 unspecified atom stereocenters. The molecule has 19 heavy (non-hydrogen) atoms. The summed E-state index contributed by atoms with van der Waals surface area (Å²) in [6.07, 6.45) is 7.11. The minimum Gasteiger partial charge on any atom is -0.348 e. The maximum Gasteiger partial charge on any atom is 0.112 e. The zero-order valence-corrected chi connectivity index (χ0v) is 10.6. The van der Waals surface area contributed by atoms with Gasteiger partial charge in [-0.15, -0.1) is 0 Å². The van der Waals surface area contributed by atoms with E-state index in [1.807, 2.05) is 24.5 Å². The molecule has 3 nitrogen and oxygen atoms in total. The summed E-state index contributed by atoms with van der Waals surface area (Å²) in [7, 11) is 0. The molecule has 0 radical (unpaired) electrons. The van der Waals surface area contributed by atoms with E-state index in [0.29, 0.717) is 0 Å². The lowest BCUT2D eigenvalue weighted by molar-refractivity contribution is 0.943. The van der Waals surface area contributed by atoms with Crippen molar-refractivity contribution in [3.8, 4) is 0 Å². The molecule has 0 saturated carbocycles. The van der Waals surface area contributed by atoms with Crippen LogP contribution in [0.2, 0.25) is 0 Å². The predicted molar refractivity (Wildman–Crippen MR) is 74.9 cm³/mol. The van der Waals surface area contributed by atoms with Crippen molar-refractivity contribution in [2.24, 2.45) is 0 Å². The Bertz CT molecular complexity index is 630. The van der Waals surface area contributed by atoms with E-state index in [1.54, 1.807) is 6.20 Å². The van der Waals surface area contributed by atoms with E-state index < -0.39 is 0 Å². The molecule has 0 aliphatic heterocycles. The first-order chi connectivity index (χ1) is 9.42. The monoisotopic (exact) mass is 249 g/mol. The van der Waals surface area contributed by atoms with Gasteiger partial charge in [0.1, 0.15) is 5.82 Å². The highest BCUT2D eigenvalue weighted by Gasteiger charge is 2.06. The number of benzene rings is 1. The molecule has 0 aliphatic carbocycles. The third-order valence-corrected chi connectivity index (χ3v) is 3.11. The highest BCUT2D eigenvalue weighted by molar-refractivity contribution is 5.30. The third kappa shape index (κ3) is 2.88. The van der Waals surface area contributed by atoms with Gasteiger partial charge in [0, 0.05) is 25.0 Å². The normalized spacial score (nSPS) is 10.5. The van der Waals surface area contributed by atoms with Gasteiger partial charge < -0.3 is 4.98 Å². The fraction of sp³-hybridized carbons (Fsp3) is 0.125.